The van der Waals surface area contributed by atoms with E-state index in [0.717, 1.165) is 12.1 Å². The Bertz CT molecular complexity index is 479. The summed E-state index contributed by atoms with van der Waals surface area (Å²) in [5.41, 5.74) is 8.07. The monoisotopic (exact) mass is 264 g/mol. The van der Waals surface area contributed by atoms with E-state index in [2.05, 4.69) is 12.1 Å². The largest absolute Gasteiger partial charge is 0.325 e. The molecule has 1 aliphatic heterocycles. The number of carbonyl (C=O) groups is 1. The Labute approximate surface area is 113 Å². The van der Waals surface area contributed by atoms with Crippen LogP contribution in [0.4, 0.5) is 5.69 Å². The highest BCUT2D eigenvalue weighted by Crippen LogP contribution is 2.39. The van der Waals surface area contributed by atoms with Crippen LogP contribution < -0.4 is 10.6 Å². The molecule has 98 valence electrons. The van der Waals surface area contributed by atoms with Crippen LogP contribution in [0.25, 0.3) is 0 Å². The van der Waals surface area contributed by atoms with Crippen molar-refractivity contribution in [3.63, 3.8) is 0 Å². The maximum Gasteiger partial charge on any atom is 0.239 e. The number of nitrogens with two attached hydrogens (primary N) is 1. The van der Waals surface area contributed by atoms with E-state index >= 15 is 0 Å². The Morgan fingerprint density at radius 2 is 2.11 bits per heavy atom. The molecule has 1 atom stereocenters. The summed E-state index contributed by atoms with van der Waals surface area (Å²) in [6.07, 6.45) is 0.840. The lowest BCUT2D eigenvalue weighted by Gasteiger charge is -2.30. The van der Waals surface area contributed by atoms with E-state index in [1.54, 1.807) is 16.7 Å². The maximum atomic E-state index is 11.9. The summed E-state index contributed by atoms with van der Waals surface area (Å²) in [7, 11) is 1.84. The fraction of sp³-hybridized carbons (Fsp3) is 0.500. The van der Waals surface area contributed by atoms with Gasteiger partial charge in [0, 0.05) is 17.5 Å². The van der Waals surface area contributed by atoms with Crippen molar-refractivity contribution in [1.29, 1.82) is 0 Å². The molecule has 4 heteroatoms. The highest BCUT2D eigenvalue weighted by Gasteiger charge is 2.28. The summed E-state index contributed by atoms with van der Waals surface area (Å²) in [6.45, 7) is 6.00. The number of benzene rings is 1. The maximum absolute atomic E-state index is 11.9. The third kappa shape index (κ3) is 2.70. The van der Waals surface area contributed by atoms with Crippen molar-refractivity contribution in [3.8, 4) is 0 Å². The van der Waals surface area contributed by atoms with E-state index < -0.39 is 0 Å². The molecular weight excluding hydrogens is 244 g/mol. The number of rotatable bonds is 2. The van der Waals surface area contributed by atoms with Gasteiger partial charge in [-0.3, -0.25) is 4.79 Å². The first-order valence-corrected chi connectivity index (χ1v) is 7.02. The fourth-order valence-corrected chi connectivity index (χ4v) is 3.38. The molecule has 0 bridgehead atoms. The number of hydrogen-bond donors (Lipinski definition) is 1. The van der Waals surface area contributed by atoms with Crippen molar-refractivity contribution in [2.24, 2.45) is 5.73 Å². The Morgan fingerprint density at radius 3 is 2.72 bits per heavy atom. The van der Waals surface area contributed by atoms with Crippen LogP contribution in [-0.4, -0.2) is 23.7 Å². The van der Waals surface area contributed by atoms with Crippen molar-refractivity contribution in [2.45, 2.75) is 42.9 Å². The van der Waals surface area contributed by atoms with Crippen molar-refractivity contribution in [3.05, 3.63) is 23.8 Å². The second-order valence-electron chi connectivity index (χ2n) is 5.62. The zero-order chi connectivity index (χ0) is 13.5. The number of fused-ring (bicyclic) bond motifs is 1. The number of thioether (sulfide) groups is 1. The molecule has 0 fully saturated rings. The van der Waals surface area contributed by atoms with Gasteiger partial charge in [-0.15, -0.1) is 11.8 Å². The molecule has 0 aromatic heterocycles. The summed E-state index contributed by atoms with van der Waals surface area (Å²) >= 11 is 1.63. The second-order valence-corrected chi connectivity index (χ2v) is 7.01. The molecule has 2 rings (SSSR count). The van der Waals surface area contributed by atoms with Crippen LogP contribution >= 0.6 is 11.8 Å². The van der Waals surface area contributed by atoms with Gasteiger partial charge in [-0.2, -0.15) is 0 Å². The summed E-state index contributed by atoms with van der Waals surface area (Å²) in [5.74, 6) is 0.166. The molecule has 0 saturated heterocycles. The average Bonchev–Trinajstić information content (AvgIpc) is 2.23. The molecule has 1 heterocycles. The first-order valence-electron chi connectivity index (χ1n) is 6.14. The Kier molecular flexibility index (Phi) is 3.43. The number of nitrogens with zero attached hydrogens (tertiary/aromatic N) is 1. The van der Waals surface area contributed by atoms with Gasteiger partial charge in [0.2, 0.25) is 5.91 Å². The van der Waals surface area contributed by atoms with Gasteiger partial charge in [0.1, 0.15) is 0 Å². The molecule has 1 aromatic carbocycles. The van der Waals surface area contributed by atoms with E-state index in [4.69, 9.17) is 5.73 Å². The molecule has 2 N–H and O–H groups in total. The Balaban J connectivity index is 2.33. The lowest BCUT2D eigenvalue weighted by atomic mass is 9.96. The molecule has 3 nitrogen and oxygen atoms in total. The highest BCUT2D eigenvalue weighted by atomic mass is 32.2. The standard InChI is InChI=1S/C14H20N2OS/c1-9-13(17)16(4)11-6-5-10(7-12(11)18-9)8-14(2,3)15/h5-7,9H,8,15H2,1-4H3. The average molecular weight is 264 g/mol. The van der Waals surface area contributed by atoms with Gasteiger partial charge < -0.3 is 10.6 Å². The van der Waals surface area contributed by atoms with Gasteiger partial charge in [0.15, 0.2) is 0 Å². The topological polar surface area (TPSA) is 46.3 Å². The molecule has 1 unspecified atom stereocenters. The van der Waals surface area contributed by atoms with Crippen molar-refractivity contribution < 1.29 is 4.79 Å². The van der Waals surface area contributed by atoms with Crippen LogP contribution in [0.1, 0.15) is 26.3 Å². The van der Waals surface area contributed by atoms with Crippen LogP contribution in [-0.2, 0) is 11.2 Å². The number of anilines is 1. The molecule has 1 amide bonds. The van der Waals surface area contributed by atoms with Crippen LogP contribution in [0, 0.1) is 0 Å². The predicted molar refractivity (Wildman–Crippen MR) is 77.1 cm³/mol. The number of hydrogen-bond acceptors (Lipinski definition) is 3. The lowest BCUT2D eigenvalue weighted by Crippen LogP contribution is -2.37. The van der Waals surface area contributed by atoms with E-state index in [9.17, 15) is 4.79 Å². The lowest BCUT2D eigenvalue weighted by molar-refractivity contribution is -0.117. The highest BCUT2D eigenvalue weighted by molar-refractivity contribution is 8.00. The molecule has 0 spiro atoms. The minimum atomic E-state index is -0.207. The zero-order valence-electron chi connectivity index (χ0n) is 11.4. The van der Waals surface area contributed by atoms with Gasteiger partial charge in [-0.1, -0.05) is 6.07 Å². The normalized spacial score (nSPS) is 19.9. The predicted octanol–water partition coefficient (Wildman–Crippen LogP) is 2.42. The summed E-state index contributed by atoms with van der Waals surface area (Å²) in [4.78, 5) is 14.8. The number of carbonyl (C=O) groups excluding carboxylic acids is 1. The first kappa shape index (κ1) is 13.4. The van der Waals surface area contributed by atoms with Gasteiger partial charge in [-0.25, -0.2) is 0 Å². The van der Waals surface area contributed by atoms with Gasteiger partial charge in [0.05, 0.1) is 10.9 Å². The van der Waals surface area contributed by atoms with Crippen LogP contribution in [0.2, 0.25) is 0 Å². The molecule has 0 saturated carbocycles. The SMILES string of the molecule is CC1Sc2cc(CC(C)(C)N)ccc2N(C)C1=O. The van der Waals surface area contributed by atoms with Crippen LogP contribution in [0.3, 0.4) is 0 Å². The quantitative estimate of drug-likeness (QED) is 0.892. The molecular formula is C14H20N2OS. The summed E-state index contributed by atoms with van der Waals surface area (Å²) in [5, 5.41) is -0.0105. The van der Waals surface area contributed by atoms with Gasteiger partial charge in [0.25, 0.3) is 0 Å². The third-order valence-corrected chi connectivity index (χ3v) is 4.16. The zero-order valence-corrected chi connectivity index (χ0v) is 12.2. The van der Waals surface area contributed by atoms with Crippen LogP contribution in [0.15, 0.2) is 23.1 Å². The van der Waals surface area contributed by atoms with E-state index in [1.807, 2.05) is 33.9 Å². The van der Waals surface area contributed by atoms with Gasteiger partial charge in [-0.05, 0) is 44.9 Å². The Hall–Kier alpha value is -1.00. The van der Waals surface area contributed by atoms with Crippen molar-refractivity contribution in [2.75, 3.05) is 11.9 Å². The minimum Gasteiger partial charge on any atom is -0.325 e. The Morgan fingerprint density at radius 1 is 1.44 bits per heavy atom. The third-order valence-electron chi connectivity index (χ3n) is 3.03. The molecule has 1 aliphatic rings. The first-order chi connectivity index (χ1) is 8.28. The minimum absolute atomic E-state index is 0.0105. The molecule has 0 aliphatic carbocycles. The van der Waals surface area contributed by atoms with Gasteiger partial charge >= 0.3 is 0 Å². The molecule has 18 heavy (non-hydrogen) atoms. The van der Waals surface area contributed by atoms with E-state index in [0.29, 0.717) is 0 Å². The second kappa shape index (κ2) is 4.59. The number of amides is 1. The fourth-order valence-electron chi connectivity index (χ4n) is 2.20. The van der Waals surface area contributed by atoms with E-state index in [-0.39, 0.29) is 16.7 Å². The smallest absolute Gasteiger partial charge is 0.239 e. The van der Waals surface area contributed by atoms with Crippen molar-refractivity contribution >= 4 is 23.4 Å². The molecule has 1 aromatic rings. The van der Waals surface area contributed by atoms with Crippen molar-refractivity contribution in [1.82, 2.24) is 0 Å². The summed E-state index contributed by atoms with van der Waals surface area (Å²) in [6, 6.07) is 6.25. The van der Waals surface area contributed by atoms with Crippen LogP contribution in [0.5, 0.6) is 0 Å². The van der Waals surface area contributed by atoms with E-state index in [1.165, 1.54) is 10.5 Å². The molecule has 0 radical (unpaired) electrons. The summed E-state index contributed by atoms with van der Waals surface area (Å²) < 4.78 is 0.